The van der Waals surface area contributed by atoms with E-state index in [0.29, 0.717) is 0 Å². The number of aromatic nitrogens is 2. The van der Waals surface area contributed by atoms with Crippen LogP contribution in [0.4, 0.5) is 8.78 Å². The van der Waals surface area contributed by atoms with Crippen LogP contribution >= 0.6 is 11.6 Å². The lowest BCUT2D eigenvalue weighted by Gasteiger charge is -2.15. The molecular weight excluding hydrogens is 408 g/mol. The first-order valence-electron chi connectivity index (χ1n) is 9.07. The molecule has 30 heavy (non-hydrogen) atoms. The molecule has 0 saturated heterocycles. The number of halogens is 3. The lowest BCUT2D eigenvalue weighted by molar-refractivity contribution is 0.498. The Hall–Kier alpha value is -3.56. The third-order valence-electron chi connectivity index (χ3n) is 4.94. The monoisotopic (exact) mass is 421 g/mol. The Kier molecular flexibility index (Phi) is 5.30. The number of nitriles is 1. The molecule has 0 aliphatic carbocycles. The number of hydrogen-bond donors (Lipinski definition) is 0. The molecule has 0 aliphatic rings. The zero-order valence-electron chi connectivity index (χ0n) is 15.5. The summed E-state index contributed by atoms with van der Waals surface area (Å²) in [6, 6.07) is 18.8. The van der Waals surface area contributed by atoms with Crippen molar-refractivity contribution < 1.29 is 8.78 Å². The summed E-state index contributed by atoms with van der Waals surface area (Å²) in [5.41, 5.74) is -0.176. The summed E-state index contributed by atoms with van der Waals surface area (Å²) in [5, 5.41) is 15.6. The average molecular weight is 422 g/mol. The van der Waals surface area contributed by atoms with E-state index in [1.165, 1.54) is 23.0 Å². The van der Waals surface area contributed by atoms with Crippen molar-refractivity contribution in [1.29, 1.82) is 5.26 Å². The number of fused-ring (bicyclic) bond motifs is 1. The molecule has 0 saturated carbocycles. The Morgan fingerprint density at radius 1 is 1.07 bits per heavy atom. The summed E-state index contributed by atoms with van der Waals surface area (Å²) in [6.45, 7) is 0.133. The Morgan fingerprint density at radius 2 is 1.80 bits per heavy atom. The van der Waals surface area contributed by atoms with Crippen LogP contribution in [0.2, 0.25) is 5.02 Å². The van der Waals surface area contributed by atoms with Crippen LogP contribution in [0.15, 0.2) is 71.7 Å². The molecule has 148 valence electrons. The van der Waals surface area contributed by atoms with Gasteiger partial charge in [0.15, 0.2) is 11.6 Å². The van der Waals surface area contributed by atoms with E-state index in [-0.39, 0.29) is 22.7 Å². The highest BCUT2D eigenvalue weighted by Crippen LogP contribution is 2.29. The summed E-state index contributed by atoms with van der Waals surface area (Å²) in [7, 11) is 0. The van der Waals surface area contributed by atoms with Crippen molar-refractivity contribution in [3.63, 3.8) is 0 Å². The topological polar surface area (TPSA) is 58.7 Å². The maximum absolute atomic E-state index is 14.3. The zero-order valence-corrected chi connectivity index (χ0v) is 16.3. The Morgan fingerprint density at radius 3 is 2.60 bits per heavy atom. The largest absolute Gasteiger partial charge is 0.273 e. The Balaban J connectivity index is 1.84. The third-order valence-corrected chi connectivity index (χ3v) is 5.24. The van der Waals surface area contributed by atoms with Crippen LogP contribution in [0.1, 0.15) is 22.6 Å². The van der Waals surface area contributed by atoms with Gasteiger partial charge in [-0.05, 0) is 22.4 Å². The number of rotatable bonds is 4. The molecule has 3 aromatic carbocycles. The normalized spacial score (nSPS) is 11.9. The SMILES string of the molecule is N#CC(c1cccc(F)c1F)c1c(Cl)cnn(Cc2cccc3ccccc23)c1=O. The van der Waals surface area contributed by atoms with Crippen molar-refractivity contribution in [3.8, 4) is 6.07 Å². The van der Waals surface area contributed by atoms with Crippen molar-refractivity contribution in [2.75, 3.05) is 0 Å². The van der Waals surface area contributed by atoms with E-state index in [1.54, 1.807) is 0 Å². The van der Waals surface area contributed by atoms with Crippen LogP contribution < -0.4 is 5.56 Å². The third kappa shape index (κ3) is 3.44. The molecule has 0 amide bonds. The van der Waals surface area contributed by atoms with Gasteiger partial charge in [0.2, 0.25) is 0 Å². The van der Waals surface area contributed by atoms with Gasteiger partial charge in [-0.15, -0.1) is 0 Å². The minimum absolute atomic E-state index is 0.0793. The molecule has 1 unspecified atom stereocenters. The molecule has 1 aromatic heterocycles. The Labute approximate surface area is 175 Å². The minimum atomic E-state index is -1.37. The summed E-state index contributed by atoms with van der Waals surface area (Å²) < 4.78 is 29.2. The number of hydrogen-bond acceptors (Lipinski definition) is 3. The number of nitrogens with zero attached hydrogens (tertiary/aromatic N) is 3. The highest BCUT2D eigenvalue weighted by Gasteiger charge is 2.26. The standard InChI is InChI=1S/C23H14ClF2N3O/c24-19-12-28-29(13-15-7-3-6-14-5-1-2-8-16(14)15)23(30)21(19)18(11-27)17-9-4-10-20(25)22(17)26/h1-10,12,18H,13H2. The predicted molar refractivity (Wildman–Crippen MR) is 110 cm³/mol. The van der Waals surface area contributed by atoms with E-state index >= 15 is 0 Å². The zero-order chi connectivity index (χ0) is 21.3. The quantitative estimate of drug-likeness (QED) is 0.464. The summed E-state index contributed by atoms with van der Waals surface area (Å²) >= 11 is 6.17. The van der Waals surface area contributed by atoms with Gasteiger partial charge in [-0.2, -0.15) is 10.4 Å². The van der Waals surface area contributed by atoms with E-state index in [2.05, 4.69) is 5.10 Å². The molecule has 0 N–H and O–H groups in total. The Bertz CT molecular complexity index is 1360. The van der Waals surface area contributed by atoms with Gasteiger partial charge >= 0.3 is 0 Å². The van der Waals surface area contributed by atoms with Crippen LogP contribution in [-0.2, 0) is 6.54 Å². The molecule has 0 bridgehead atoms. The minimum Gasteiger partial charge on any atom is -0.267 e. The van der Waals surface area contributed by atoms with Crippen molar-refractivity contribution in [2.24, 2.45) is 0 Å². The lowest BCUT2D eigenvalue weighted by atomic mass is 9.93. The van der Waals surface area contributed by atoms with E-state index in [1.807, 2.05) is 48.5 Å². The molecular formula is C23H14ClF2N3O. The second kappa shape index (κ2) is 8.05. The van der Waals surface area contributed by atoms with Crippen LogP contribution in [-0.4, -0.2) is 9.78 Å². The highest BCUT2D eigenvalue weighted by atomic mass is 35.5. The maximum atomic E-state index is 14.3. The molecule has 1 heterocycles. The summed E-state index contributed by atoms with van der Waals surface area (Å²) in [6.07, 6.45) is 1.24. The van der Waals surface area contributed by atoms with Gasteiger partial charge in [-0.1, -0.05) is 66.2 Å². The van der Waals surface area contributed by atoms with Crippen LogP contribution in [0.25, 0.3) is 10.8 Å². The van der Waals surface area contributed by atoms with Gasteiger partial charge in [-0.25, -0.2) is 13.5 Å². The fourth-order valence-electron chi connectivity index (χ4n) is 3.48. The summed E-state index contributed by atoms with van der Waals surface area (Å²) in [5.74, 6) is -3.66. The molecule has 7 heteroatoms. The van der Waals surface area contributed by atoms with Crippen LogP contribution in [0.3, 0.4) is 0 Å². The van der Waals surface area contributed by atoms with E-state index < -0.39 is 23.1 Å². The van der Waals surface area contributed by atoms with Crippen molar-refractivity contribution in [2.45, 2.75) is 12.5 Å². The first kappa shape index (κ1) is 19.7. The molecule has 0 radical (unpaired) electrons. The molecule has 4 nitrogen and oxygen atoms in total. The van der Waals surface area contributed by atoms with Gasteiger partial charge in [0.25, 0.3) is 5.56 Å². The fourth-order valence-corrected chi connectivity index (χ4v) is 3.72. The molecule has 0 aliphatic heterocycles. The smallest absolute Gasteiger partial charge is 0.267 e. The van der Waals surface area contributed by atoms with E-state index in [9.17, 15) is 18.8 Å². The molecule has 4 rings (SSSR count). The fraction of sp³-hybridized carbons (Fsp3) is 0.0870. The summed E-state index contributed by atoms with van der Waals surface area (Å²) in [4.78, 5) is 13.1. The van der Waals surface area contributed by atoms with E-state index in [4.69, 9.17) is 11.6 Å². The molecule has 0 spiro atoms. The molecule has 0 fully saturated rings. The van der Waals surface area contributed by atoms with Crippen molar-refractivity contribution in [3.05, 3.63) is 111 Å². The average Bonchev–Trinajstić information content (AvgIpc) is 2.76. The van der Waals surface area contributed by atoms with Gasteiger partial charge in [0, 0.05) is 5.56 Å². The number of benzene rings is 3. The van der Waals surface area contributed by atoms with Crippen molar-refractivity contribution in [1.82, 2.24) is 9.78 Å². The van der Waals surface area contributed by atoms with Gasteiger partial charge in [-0.3, -0.25) is 4.79 Å². The van der Waals surface area contributed by atoms with Crippen molar-refractivity contribution >= 4 is 22.4 Å². The lowest BCUT2D eigenvalue weighted by Crippen LogP contribution is -2.29. The molecule has 4 aromatic rings. The predicted octanol–water partition coefficient (Wildman–Crippen LogP) is 5.03. The van der Waals surface area contributed by atoms with Gasteiger partial charge in [0.1, 0.15) is 5.92 Å². The maximum Gasteiger partial charge on any atom is 0.273 e. The van der Waals surface area contributed by atoms with Gasteiger partial charge < -0.3 is 0 Å². The first-order chi connectivity index (χ1) is 14.5. The van der Waals surface area contributed by atoms with Crippen LogP contribution in [0.5, 0.6) is 0 Å². The second-order valence-electron chi connectivity index (χ2n) is 6.71. The van der Waals surface area contributed by atoms with E-state index in [0.717, 1.165) is 22.4 Å². The first-order valence-corrected chi connectivity index (χ1v) is 9.44. The van der Waals surface area contributed by atoms with Gasteiger partial charge in [0.05, 0.1) is 29.4 Å². The highest BCUT2D eigenvalue weighted by molar-refractivity contribution is 6.31. The van der Waals surface area contributed by atoms with Crippen LogP contribution in [0, 0.1) is 23.0 Å². The molecule has 1 atom stereocenters. The second-order valence-corrected chi connectivity index (χ2v) is 7.12.